The van der Waals surface area contributed by atoms with Crippen LogP contribution >= 0.6 is 11.3 Å². The quantitative estimate of drug-likeness (QED) is 0.192. The first-order chi connectivity index (χ1) is 22.8. The van der Waals surface area contributed by atoms with Crippen LogP contribution in [0, 0.1) is 0 Å². The summed E-state index contributed by atoms with van der Waals surface area (Å²) in [5, 5.41) is 7.79. The van der Waals surface area contributed by atoms with E-state index in [2.05, 4.69) is 166 Å². The van der Waals surface area contributed by atoms with Crippen LogP contribution in [0.15, 0.2) is 152 Å². The molecule has 1 aliphatic rings. The van der Waals surface area contributed by atoms with Crippen molar-refractivity contribution in [3.05, 3.63) is 152 Å². The molecule has 4 heteroatoms. The molecule has 0 amide bonds. The molecule has 214 valence electrons. The zero-order valence-electron chi connectivity index (χ0n) is 24.7. The Labute approximate surface area is 268 Å². The number of para-hydroxylation sites is 5. The third kappa shape index (κ3) is 3.06. The molecule has 0 bridgehead atoms. The predicted molar refractivity (Wildman–Crippen MR) is 196 cm³/mol. The highest BCUT2D eigenvalue weighted by Gasteiger charge is 2.29. The topological polar surface area (TPSA) is 13.1 Å². The van der Waals surface area contributed by atoms with Crippen molar-refractivity contribution >= 4 is 92.2 Å². The van der Waals surface area contributed by atoms with Crippen LogP contribution in [0.2, 0.25) is 0 Å². The van der Waals surface area contributed by atoms with Gasteiger partial charge in [-0.25, -0.2) is 0 Å². The third-order valence-electron chi connectivity index (χ3n) is 9.80. The maximum Gasteiger partial charge on any atom is 0.0783 e. The van der Waals surface area contributed by atoms with Gasteiger partial charge in [0.25, 0.3) is 0 Å². The van der Waals surface area contributed by atoms with E-state index < -0.39 is 0 Å². The summed E-state index contributed by atoms with van der Waals surface area (Å²) in [6.45, 7) is 0. The van der Waals surface area contributed by atoms with Crippen molar-refractivity contribution < 1.29 is 0 Å². The van der Waals surface area contributed by atoms with E-state index in [0.717, 1.165) is 5.69 Å². The van der Waals surface area contributed by atoms with Crippen LogP contribution in [-0.4, -0.2) is 9.13 Å². The van der Waals surface area contributed by atoms with Crippen LogP contribution in [0.4, 0.5) is 17.1 Å². The molecule has 7 aromatic carbocycles. The summed E-state index contributed by atoms with van der Waals surface area (Å²) >= 11 is 1.87. The van der Waals surface area contributed by atoms with Gasteiger partial charge in [0.05, 0.1) is 39.1 Å². The Morgan fingerprint density at radius 1 is 0.370 bits per heavy atom. The van der Waals surface area contributed by atoms with E-state index in [1.54, 1.807) is 0 Å². The Balaban J connectivity index is 1.28. The number of benzene rings is 7. The molecule has 4 heterocycles. The molecule has 0 saturated carbocycles. The van der Waals surface area contributed by atoms with E-state index in [4.69, 9.17) is 0 Å². The predicted octanol–water partition coefficient (Wildman–Crippen LogP) is 12.0. The molecule has 0 N–H and O–H groups in total. The molecule has 0 fully saturated rings. The number of thiophene rings is 1. The second-order valence-electron chi connectivity index (χ2n) is 12.2. The van der Waals surface area contributed by atoms with Crippen molar-refractivity contribution in [2.75, 3.05) is 4.90 Å². The van der Waals surface area contributed by atoms with Gasteiger partial charge in [-0.3, -0.25) is 0 Å². The number of hydrogen-bond donors (Lipinski definition) is 0. The maximum absolute atomic E-state index is 2.49. The SMILES string of the molecule is c1ccc(N2c3ccccc3-n3c4ccc5c(c6ccccc6n5-c5ccc6sc7ccccc7c6c5)c4c4cccc2c43)cc1. The second-order valence-corrected chi connectivity index (χ2v) is 13.2. The van der Waals surface area contributed by atoms with Crippen LogP contribution < -0.4 is 4.90 Å². The van der Waals surface area contributed by atoms with Gasteiger partial charge in [-0.1, -0.05) is 78.9 Å². The fourth-order valence-corrected chi connectivity index (χ4v) is 9.07. The number of hydrogen-bond acceptors (Lipinski definition) is 2. The Kier molecular flexibility index (Phi) is 4.72. The first kappa shape index (κ1) is 24.5. The van der Waals surface area contributed by atoms with Gasteiger partial charge in [-0.2, -0.15) is 0 Å². The molecule has 0 atom stereocenters. The highest BCUT2D eigenvalue weighted by atomic mass is 32.1. The van der Waals surface area contributed by atoms with E-state index in [0.29, 0.717) is 0 Å². The largest absolute Gasteiger partial charge is 0.309 e. The van der Waals surface area contributed by atoms with Crippen molar-refractivity contribution in [1.82, 2.24) is 9.13 Å². The molecule has 11 rings (SSSR count). The van der Waals surface area contributed by atoms with E-state index in [1.165, 1.54) is 86.5 Å². The van der Waals surface area contributed by atoms with Crippen LogP contribution in [0.1, 0.15) is 0 Å². The summed E-state index contributed by atoms with van der Waals surface area (Å²) < 4.78 is 7.61. The fourth-order valence-electron chi connectivity index (χ4n) is 7.99. The van der Waals surface area contributed by atoms with Crippen molar-refractivity contribution in [2.24, 2.45) is 0 Å². The molecule has 46 heavy (non-hydrogen) atoms. The molecule has 0 saturated heterocycles. The van der Waals surface area contributed by atoms with Crippen molar-refractivity contribution in [3.63, 3.8) is 0 Å². The van der Waals surface area contributed by atoms with E-state index in [-0.39, 0.29) is 0 Å². The highest BCUT2D eigenvalue weighted by Crippen LogP contribution is 2.51. The van der Waals surface area contributed by atoms with Crippen LogP contribution in [-0.2, 0) is 0 Å². The van der Waals surface area contributed by atoms with Crippen LogP contribution in [0.3, 0.4) is 0 Å². The summed E-state index contributed by atoms with van der Waals surface area (Å²) in [5.41, 5.74) is 10.9. The highest BCUT2D eigenvalue weighted by molar-refractivity contribution is 7.25. The molecular weight excluding hydrogens is 579 g/mol. The molecular formula is C42H25N3S. The number of aromatic nitrogens is 2. The maximum atomic E-state index is 2.49. The zero-order chi connectivity index (χ0) is 29.9. The summed E-state index contributed by atoms with van der Waals surface area (Å²) in [6.07, 6.45) is 0. The Bertz CT molecular complexity index is 2870. The van der Waals surface area contributed by atoms with E-state index >= 15 is 0 Å². The number of nitrogens with zero attached hydrogens (tertiary/aromatic N) is 3. The lowest BCUT2D eigenvalue weighted by atomic mass is 10.0. The number of rotatable bonds is 2. The lowest BCUT2D eigenvalue weighted by molar-refractivity contribution is 1.11. The van der Waals surface area contributed by atoms with Gasteiger partial charge >= 0.3 is 0 Å². The zero-order valence-corrected chi connectivity index (χ0v) is 25.5. The molecule has 1 aliphatic heterocycles. The number of fused-ring (bicyclic) bond motifs is 12. The minimum atomic E-state index is 1.16. The van der Waals surface area contributed by atoms with Crippen molar-refractivity contribution in [1.29, 1.82) is 0 Å². The van der Waals surface area contributed by atoms with Crippen LogP contribution in [0.25, 0.3) is 75.2 Å². The van der Waals surface area contributed by atoms with Crippen LogP contribution in [0.5, 0.6) is 0 Å². The summed E-state index contributed by atoms with van der Waals surface area (Å²) in [4.78, 5) is 2.41. The first-order valence-corrected chi connectivity index (χ1v) is 16.5. The monoisotopic (exact) mass is 603 g/mol. The van der Waals surface area contributed by atoms with Gasteiger partial charge in [0.2, 0.25) is 0 Å². The van der Waals surface area contributed by atoms with Gasteiger partial charge in [0.1, 0.15) is 0 Å². The normalized spacial score (nSPS) is 12.7. The van der Waals surface area contributed by atoms with Crippen molar-refractivity contribution in [3.8, 4) is 11.4 Å². The van der Waals surface area contributed by atoms with Gasteiger partial charge < -0.3 is 14.0 Å². The molecule has 0 unspecified atom stereocenters. The van der Waals surface area contributed by atoms with Crippen molar-refractivity contribution in [2.45, 2.75) is 0 Å². The Hall–Kier alpha value is -5.84. The molecule has 0 aliphatic carbocycles. The smallest absolute Gasteiger partial charge is 0.0783 e. The number of anilines is 3. The summed E-state index contributed by atoms with van der Waals surface area (Å²) in [6, 6.07) is 55.6. The molecule has 10 aromatic rings. The van der Waals surface area contributed by atoms with Gasteiger partial charge in [-0.15, -0.1) is 11.3 Å². The second kappa shape index (κ2) is 8.87. The fraction of sp³-hybridized carbons (Fsp3) is 0. The summed E-state index contributed by atoms with van der Waals surface area (Å²) in [5.74, 6) is 0. The summed E-state index contributed by atoms with van der Waals surface area (Å²) in [7, 11) is 0. The average molecular weight is 604 g/mol. The standard InChI is InChI=1S/C42H25N3S/c1-2-11-26(12-3-1)43-33-17-7-8-18-34(33)45-36-23-22-35-40(41(36)30-15-10-19-37(43)42(30)45)29-14-4-6-16-32(29)44(35)27-21-24-39-31(25-27)28-13-5-9-20-38(28)46-39/h1-25H. The van der Waals surface area contributed by atoms with Gasteiger partial charge in [0.15, 0.2) is 0 Å². The molecule has 0 radical (unpaired) electrons. The lowest BCUT2D eigenvalue weighted by Crippen LogP contribution is -2.17. The average Bonchev–Trinajstić information content (AvgIpc) is 3.77. The minimum absolute atomic E-state index is 1.16. The molecule has 3 nitrogen and oxygen atoms in total. The van der Waals surface area contributed by atoms with E-state index in [9.17, 15) is 0 Å². The first-order valence-electron chi connectivity index (χ1n) is 15.7. The van der Waals surface area contributed by atoms with Gasteiger partial charge in [-0.05, 0) is 72.8 Å². The van der Waals surface area contributed by atoms with Gasteiger partial charge in [0, 0.05) is 53.1 Å². The third-order valence-corrected chi connectivity index (χ3v) is 11.0. The van der Waals surface area contributed by atoms with E-state index in [1.807, 2.05) is 11.3 Å². The molecule has 0 spiro atoms. The molecule has 3 aromatic heterocycles. The lowest BCUT2D eigenvalue weighted by Gasteiger charge is -2.33. The Morgan fingerprint density at radius 3 is 1.91 bits per heavy atom. The Morgan fingerprint density at radius 2 is 1.02 bits per heavy atom. The minimum Gasteiger partial charge on any atom is -0.309 e.